The quantitative estimate of drug-likeness (QED) is 0.486. The molecule has 2 aromatic rings. The van der Waals surface area contributed by atoms with Crippen LogP contribution in [0, 0.1) is 29.4 Å². The summed E-state index contributed by atoms with van der Waals surface area (Å²) >= 11 is 0. The van der Waals surface area contributed by atoms with E-state index in [9.17, 15) is 19.7 Å². The Labute approximate surface area is 183 Å². The Bertz CT molecular complexity index is 965. The molecule has 0 bridgehead atoms. The van der Waals surface area contributed by atoms with Crippen LogP contribution in [0.5, 0.6) is 0 Å². The van der Waals surface area contributed by atoms with Crippen LogP contribution in [-0.2, 0) is 0 Å². The lowest BCUT2D eigenvalue weighted by Crippen LogP contribution is -2.56. The monoisotopic (exact) mass is 425 g/mol. The molecular formula is C24H31N3O4. The molecule has 1 unspecified atom stereocenters. The zero-order valence-electron chi connectivity index (χ0n) is 19.1. The third-order valence-corrected chi connectivity index (χ3v) is 6.34. The molecule has 31 heavy (non-hydrogen) atoms. The first-order chi connectivity index (χ1) is 14.5. The molecule has 2 aromatic carbocycles. The molecule has 166 valence electrons. The predicted molar refractivity (Wildman–Crippen MR) is 121 cm³/mol. The number of amides is 2. The molecule has 2 rings (SSSR count). The number of hydrazine groups is 1. The van der Waals surface area contributed by atoms with Gasteiger partial charge in [-0.25, -0.2) is 5.01 Å². The first kappa shape index (κ1) is 24.1. The average Bonchev–Trinajstić information content (AvgIpc) is 2.75. The van der Waals surface area contributed by atoms with E-state index in [1.54, 1.807) is 25.1 Å². The van der Waals surface area contributed by atoms with E-state index in [-0.39, 0.29) is 16.7 Å². The van der Waals surface area contributed by atoms with Gasteiger partial charge in [0.2, 0.25) is 0 Å². The second-order valence-electron chi connectivity index (χ2n) is 8.30. The van der Waals surface area contributed by atoms with Crippen molar-refractivity contribution < 1.29 is 14.5 Å². The normalized spacial score (nSPS) is 12.2. The molecule has 0 fully saturated rings. The lowest BCUT2D eigenvalue weighted by molar-refractivity contribution is -0.385. The second-order valence-corrected chi connectivity index (χ2v) is 8.30. The number of hydrogen-bond donors (Lipinski definition) is 1. The van der Waals surface area contributed by atoms with Gasteiger partial charge in [0.25, 0.3) is 17.5 Å². The summed E-state index contributed by atoms with van der Waals surface area (Å²) in [5.74, 6) is -1.04. The fourth-order valence-electron chi connectivity index (χ4n) is 3.47. The second kappa shape index (κ2) is 9.73. The van der Waals surface area contributed by atoms with Gasteiger partial charge >= 0.3 is 0 Å². The van der Waals surface area contributed by atoms with Gasteiger partial charge in [0.1, 0.15) is 5.56 Å². The maximum Gasteiger partial charge on any atom is 0.282 e. The summed E-state index contributed by atoms with van der Waals surface area (Å²) in [5, 5.41) is 12.8. The third kappa shape index (κ3) is 5.29. The van der Waals surface area contributed by atoms with Gasteiger partial charge in [-0.3, -0.25) is 25.1 Å². The SMILES string of the molecule is CCC(C)(CC)C(C)N(NC(=O)c1ccc(C)cc1)C(=O)c1cc(C)ccc1[N+](=O)[O-]. The number of carbonyl (C=O) groups excluding carboxylic acids is 2. The summed E-state index contributed by atoms with van der Waals surface area (Å²) in [6.07, 6.45) is 1.54. The Morgan fingerprint density at radius 3 is 2.13 bits per heavy atom. The lowest BCUT2D eigenvalue weighted by Gasteiger charge is -2.41. The molecule has 0 heterocycles. The van der Waals surface area contributed by atoms with E-state index >= 15 is 0 Å². The van der Waals surface area contributed by atoms with E-state index in [4.69, 9.17) is 0 Å². The number of carbonyl (C=O) groups is 2. The number of nitrogens with zero attached hydrogens (tertiary/aromatic N) is 2. The van der Waals surface area contributed by atoms with Crippen LogP contribution >= 0.6 is 0 Å². The molecule has 0 saturated carbocycles. The van der Waals surface area contributed by atoms with E-state index in [2.05, 4.69) is 5.43 Å². The van der Waals surface area contributed by atoms with Gasteiger partial charge in [-0.2, -0.15) is 0 Å². The fourth-order valence-corrected chi connectivity index (χ4v) is 3.47. The average molecular weight is 426 g/mol. The fraction of sp³-hybridized carbons (Fsp3) is 0.417. The van der Waals surface area contributed by atoms with Crippen molar-refractivity contribution in [2.24, 2.45) is 5.41 Å². The van der Waals surface area contributed by atoms with Crippen LogP contribution < -0.4 is 5.43 Å². The summed E-state index contributed by atoms with van der Waals surface area (Å²) < 4.78 is 0. The number of nitro benzene ring substituents is 1. The summed E-state index contributed by atoms with van der Waals surface area (Å²) in [4.78, 5) is 37.5. The number of nitro groups is 1. The van der Waals surface area contributed by atoms with Crippen molar-refractivity contribution in [2.45, 2.75) is 60.4 Å². The standard InChI is InChI=1S/C24H31N3O4/c1-7-24(6,8-2)18(5)26(25-22(28)19-12-9-16(3)10-13-19)23(29)20-15-17(4)11-14-21(20)27(30)31/h9-15,18H,7-8H2,1-6H3,(H,25,28). The van der Waals surface area contributed by atoms with Crippen molar-refractivity contribution in [3.63, 3.8) is 0 Å². The van der Waals surface area contributed by atoms with Crippen LogP contribution in [-0.4, -0.2) is 27.8 Å². The van der Waals surface area contributed by atoms with Crippen LogP contribution in [0.4, 0.5) is 5.69 Å². The number of benzene rings is 2. The zero-order chi connectivity index (χ0) is 23.3. The first-order valence-electron chi connectivity index (χ1n) is 10.5. The first-order valence-corrected chi connectivity index (χ1v) is 10.5. The summed E-state index contributed by atoms with van der Waals surface area (Å²) in [7, 11) is 0. The number of nitrogens with one attached hydrogen (secondary N) is 1. The minimum absolute atomic E-state index is 0.0457. The van der Waals surface area contributed by atoms with Crippen LogP contribution in [0.2, 0.25) is 0 Å². The maximum atomic E-state index is 13.6. The summed E-state index contributed by atoms with van der Waals surface area (Å²) in [5.41, 5.74) is 4.25. The van der Waals surface area contributed by atoms with E-state index in [0.717, 1.165) is 24.0 Å². The lowest BCUT2D eigenvalue weighted by atomic mass is 9.77. The Kier molecular flexibility index (Phi) is 7.55. The van der Waals surface area contributed by atoms with E-state index < -0.39 is 22.8 Å². The van der Waals surface area contributed by atoms with Crippen LogP contribution in [0.25, 0.3) is 0 Å². The Morgan fingerprint density at radius 2 is 1.61 bits per heavy atom. The van der Waals surface area contributed by atoms with Gasteiger partial charge < -0.3 is 0 Å². The van der Waals surface area contributed by atoms with Crippen molar-refractivity contribution in [3.8, 4) is 0 Å². The molecule has 1 N–H and O–H groups in total. The topological polar surface area (TPSA) is 92.6 Å². The molecule has 7 heteroatoms. The smallest absolute Gasteiger partial charge is 0.267 e. The number of rotatable bonds is 7. The third-order valence-electron chi connectivity index (χ3n) is 6.34. The minimum atomic E-state index is -0.600. The van der Waals surface area contributed by atoms with Crippen molar-refractivity contribution in [1.29, 1.82) is 0 Å². The molecule has 0 aliphatic carbocycles. The van der Waals surface area contributed by atoms with Gasteiger partial charge in [0.15, 0.2) is 0 Å². The van der Waals surface area contributed by atoms with Gasteiger partial charge in [-0.05, 0) is 62.8 Å². The molecule has 0 saturated heterocycles. The van der Waals surface area contributed by atoms with E-state index in [0.29, 0.717) is 5.56 Å². The number of aryl methyl sites for hydroxylation is 2. The molecule has 0 aliphatic rings. The predicted octanol–water partition coefficient (Wildman–Crippen LogP) is 5.21. The molecule has 1 atom stereocenters. The molecule has 0 radical (unpaired) electrons. The van der Waals surface area contributed by atoms with Gasteiger partial charge in [-0.15, -0.1) is 0 Å². The molecule has 2 amide bonds. The molecule has 0 aliphatic heterocycles. The van der Waals surface area contributed by atoms with E-state index in [1.165, 1.54) is 17.1 Å². The summed E-state index contributed by atoms with van der Waals surface area (Å²) in [6.45, 7) is 11.6. The zero-order valence-corrected chi connectivity index (χ0v) is 19.1. The van der Waals surface area contributed by atoms with Crippen molar-refractivity contribution in [2.75, 3.05) is 0 Å². The van der Waals surface area contributed by atoms with Crippen molar-refractivity contribution in [1.82, 2.24) is 10.4 Å². The van der Waals surface area contributed by atoms with E-state index in [1.807, 2.05) is 46.8 Å². The van der Waals surface area contributed by atoms with Crippen LogP contribution in [0.3, 0.4) is 0 Å². The largest absolute Gasteiger partial charge is 0.282 e. The highest BCUT2D eigenvalue weighted by atomic mass is 16.6. The summed E-state index contributed by atoms with van der Waals surface area (Å²) in [6, 6.07) is 11.0. The maximum absolute atomic E-state index is 13.6. The molecule has 0 aromatic heterocycles. The Hall–Kier alpha value is -3.22. The highest BCUT2D eigenvalue weighted by molar-refractivity contribution is 6.01. The minimum Gasteiger partial charge on any atom is -0.267 e. The molecular weight excluding hydrogens is 394 g/mol. The Balaban J connectivity index is 2.53. The van der Waals surface area contributed by atoms with Crippen LogP contribution in [0.1, 0.15) is 72.4 Å². The van der Waals surface area contributed by atoms with Crippen LogP contribution in [0.15, 0.2) is 42.5 Å². The molecule has 0 spiro atoms. The highest BCUT2D eigenvalue weighted by Crippen LogP contribution is 2.34. The highest BCUT2D eigenvalue weighted by Gasteiger charge is 2.38. The van der Waals surface area contributed by atoms with Crippen molar-refractivity contribution in [3.05, 3.63) is 74.8 Å². The van der Waals surface area contributed by atoms with Gasteiger partial charge in [0, 0.05) is 11.6 Å². The number of hydrogen-bond acceptors (Lipinski definition) is 4. The molecule has 7 nitrogen and oxygen atoms in total. The van der Waals surface area contributed by atoms with Gasteiger partial charge in [0.05, 0.1) is 11.0 Å². The van der Waals surface area contributed by atoms with Gasteiger partial charge in [-0.1, -0.05) is 44.5 Å². The Morgan fingerprint density at radius 1 is 1.06 bits per heavy atom. The van der Waals surface area contributed by atoms with Crippen molar-refractivity contribution >= 4 is 17.5 Å².